The van der Waals surface area contributed by atoms with E-state index in [9.17, 15) is 4.79 Å². The molecule has 0 aliphatic carbocycles. The second kappa shape index (κ2) is 7.51. The fourth-order valence-electron chi connectivity index (χ4n) is 2.51. The van der Waals surface area contributed by atoms with Crippen molar-refractivity contribution in [2.45, 2.75) is 13.5 Å². The number of rotatable bonds is 5. The van der Waals surface area contributed by atoms with Crippen LogP contribution < -0.4 is 9.47 Å². The number of carbonyl (C=O) groups is 1. The van der Waals surface area contributed by atoms with E-state index >= 15 is 0 Å². The van der Waals surface area contributed by atoms with Gasteiger partial charge in [-0.1, -0.05) is 12.1 Å². The van der Waals surface area contributed by atoms with Gasteiger partial charge < -0.3 is 14.4 Å². The number of nitrogens with zero attached hydrogens (tertiary/aromatic N) is 2. The van der Waals surface area contributed by atoms with Crippen LogP contribution >= 0.6 is 0 Å². The molecular formula is C19H20N2O3. The zero-order chi connectivity index (χ0) is 17.7. The lowest BCUT2D eigenvalue weighted by atomic mass is 10.1. The molecule has 0 heterocycles. The number of carbonyl (C=O) groups excluding carboxylic acids is 1. The zero-order valence-electron chi connectivity index (χ0n) is 14.3. The monoisotopic (exact) mass is 324 g/mol. The van der Waals surface area contributed by atoms with Crippen LogP contribution in [0.1, 0.15) is 27.0 Å². The first-order valence-electron chi connectivity index (χ1n) is 7.47. The summed E-state index contributed by atoms with van der Waals surface area (Å²) in [5, 5.41) is 8.97. The van der Waals surface area contributed by atoms with Gasteiger partial charge in [0.1, 0.15) is 11.5 Å². The molecule has 5 nitrogen and oxygen atoms in total. The zero-order valence-corrected chi connectivity index (χ0v) is 14.3. The van der Waals surface area contributed by atoms with Crippen LogP contribution in [0.15, 0.2) is 36.4 Å². The first kappa shape index (κ1) is 17.4. The third-order valence-corrected chi connectivity index (χ3v) is 3.82. The predicted molar refractivity (Wildman–Crippen MR) is 91.2 cm³/mol. The maximum atomic E-state index is 12.7. The lowest BCUT2D eigenvalue weighted by Crippen LogP contribution is -2.26. The summed E-state index contributed by atoms with van der Waals surface area (Å²) in [5.74, 6) is 1.07. The lowest BCUT2D eigenvalue weighted by Gasteiger charge is -2.19. The summed E-state index contributed by atoms with van der Waals surface area (Å²) in [6.07, 6.45) is 0. The van der Waals surface area contributed by atoms with E-state index in [0.29, 0.717) is 29.2 Å². The first-order chi connectivity index (χ1) is 11.5. The van der Waals surface area contributed by atoms with Crippen molar-refractivity contribution < 1.29 is 14.3 Å². The molecular weight excluding hydrogens is 304 g/mol. The highest BCUT2D eigenvalue weighted by Gasteiger charge is 2.17. The van der Waals surface area contributed by atoms with Crippen molar-refractivity contribution in [3.05, 3.63) is 58.7 Å². The van der Waals surface area contributed by atoms with Gasteiger partial charge in [0.25, 0.3) is 5.91 Å². The van der Waals surface area contributed by atoms with Gasteiger partial charge in [0.15, 0.2) is 0 Å². The van der Waals surface area contributed by atoms with Gasteiger partial charge in [-0.25, -0.2) is 0 Å². The van der Waals surface area contributed by atoms with E-state index < -0.39 is 0 Å². The highest BCUT2D eigenvalue weighted by atomic mass is 16.5. The number of methoxy groups -OCH3 is 2. The van der Waals surface area contributed by atoms with Crippen molar-refractivity contribution in [3.8, 4) is 17.6 Å². The molecule has 24 heavy (non-hydrogen) atoms. The fourth-order valence-corrected chi connectivity index (χ4v) is 2.51. The second-order valence-corrected chi connectivity index (χ2v) is 5.48. The quantitative estimate of drug-likeness (QED) is 0.847. The Morgan fingerprint density at radius 3 is 2.33 bits per heavy atom. The van der Waals surface area contributed by atoms with E-state index in [-0.39, 0.29) is 5.91 Å². The van der Waals surface area contributed by atoms with Crippen LogP contribution in [0.3, 0.4) is 0 Å². The van der Waals surface area contributed by atoms with E-state index in [2.05, 4.69) is 6.07 Å². The fraction of sp³-hybridized carbons (Fsp3) is 0.263. The molecule has 0 saturated heterocycles. The number of amides is 1. The molecule has 0 fully saturated rings. The van der Waals surface area contributed by atoms with Crippen LogP contribution in [0.25, 0.3) is 0 Å². The van der Waals surface area contributed by atoms with E-state index in [1.54, 1.807) is 50.4 Å². The summed E-state index contributed by atoms with van der Waals surface area (Å²) < 4.78 is 10.6. The van der Waals surface area contributed by atoms with E-state index in [4.69, 9.17) is 14.7 Å². The molecule has 5 heteroatoms. The van der Waals surface area contributed by atoms with Crippen molar-refractivity contribution in [2.75, 3.05) is 21.3 Å². The Morgan fingerprint density at radius 1 is 1.17 bits per heavy atom. The van der Waals surface area contributed by atoms with Crippen LogP contribution in [0.2, 0.25) is 0 Å². The maximum Gasteiger partial charge on any atom is 0.254 e. The summed E-state index contributed by atoms with van der Waals surface area (Å²) in [6.45, 7) is 2.29. The molecule has 2 aromatic carbocycles. The van der Waals surface area contributed by atoms with Gasteiger partial charge in [0.05, 0.1) is 25.9 Å². The Bertz CT molecular complexity index is 768. The standard InChI is InChI=1S/C19H20N2O3/c1-13-17(23-3)9-16(10-18(13)24-4)19(22)21(2)12-15-7-5-6-14(8-15)11-20/h5-10H,12H2,1-4H3. The topological polar surface area (TPSA) is 62.6 Å². The summed E-state index contributed by atoms with van der Waals surface area (Å²) >= 11 is 0. The Morgan fingerprint density at radius 2 is 1.79 bits per heavy atom. The third-order valence-electron chi connectivity index (χ3n) is 3.82. The van der Waals surface area contributed by atoms with Gasteiger partial charge in [0.2, 0.25) is 0 Å². The molecule has 0 aliphatic heterocycles. The molecule has 0 bridgehead atoms. The van der Waals surface area contributed by atoms with Gasteiger partial charge in [-0.2, -0.15) is 5.26 Å². The summed E-state index contributed by atoms with van der Waals surface area (Å²) in [4.78, 5) is 14.3. The van der Waals surface area contributed by atoms with Crippen LogP contribution in [0.4, 0.5) is 0 Å². The Hall–Kier alpha value is -3.00. The third kappa shape index (κ3) is 3.66. The first-order valence-corrected chi connectivity index (χ1v) is 7.47. The second-order valence-electron chi connectivity index (χ2n) is 5.48. The number of nitriles is 1. The smallest absolute Gasteiger partial charge is 0.254 e. The largest absolute Gasteiger partial charge is 0.496 e. The van der Waals surface area contributed by atoms with Gasteiger partial charge in [-0.3, -0.25) is 4.79 Å². The molecule has 0 saturated carbocycles. The van der Waals surface area contributed by atoms with Crippen molar-refractivity contribution in [1.29, 1.82) is 5.26 Å². The Balaban J connectivity index is 2.26. The van der Waals surface area contributed by atoms with Crippen LogP contribution in [-0.4, -0.2) is 32.1 Å². The molecule has 2 aromatic rings. The van der Waals surface area contributed by atoms with Crippen LogP contribution in [0.5, 0.6) is 11.5 Å². The normalized spacial score (nSPS) is 9.96. The van der Waals surface area contributed by atoms with Crippen molar-refractivity contribution >= 4 is 5.91 Å². The molecule has 0 aromatic heterocycles. The number of benzene rings is 2. The van der Waals surface area contributed by atoms with Gasteiger partial charge in [0, 0.05) is 24.7 Å². The minimum atomic E-state index is -0.144. The van der Waals surface area contributed by atoms with E-state index in [0.717, 1.165) is 11.1 Å². The Kier molecular flexibility index (Phi) is 5.43. The summed E-state index contributed by atoms with van der Waals surface area (Å²) in [5.41, 5.74) is 2.82. The number of hydrogen-bond donors (Lipinski definition) is 0. The molecule has 0 unspecified atom stereocenters. The highest BCUT2D eigenvalue weighted by molar-refractivity contribution is 5.95. The van der Waals surface area contributed by atoms with Gasteiger partial charge in [-0.15, -0.1) is 0 Å². The van der Waals surface area contributed by atoms with Gasteiger partial charge in [-0.05, 0) is 36.8 Å². The molecule has 0 atom stereocenters. The summed E-state index contributed by atoms with van der Waals surface area (Å²) in [6, 6.07) is 12.7. The average molecular weight is 324 g/mol. The predicted octanol–water partition coefficient (Wildman–Crippen LogP) is 3.16. The molecule has 2 rings (SSSR count). The minimum Gasteiger partial charge on any atom is -0.496 e. The molecule has 0 radical (unpaired) electrons. The molecule has 0 spiro atoms. The van der Waals surface area contributed by atoms with Crippen molar-refractivity contribution in [1.82, 2.24) is 4.90 Å². The van der Waals surface area contributed by atoms with Crippen LogP contribution in [0, 0.1) is 18.3 Å². The van der Waals surface area contributed by atoms with E-state index in [1.165, 1.54) is 0 Å². The maximum absolute atomic E-state index is 12.7. The number of ether oxygens (including phenoxy) is 2. The Labute approximate surface area is 142 Å². The van der Waals surface area contributed by atoms with Crippen molar-refractivity contribution in [3.63, 3.8) is 0 Å². The number of hydrogen-bond acceptors (Lipinski definition) is 4. The van der Waals surface area contributed by atoms with E-state index in [1.807, 2.05) is 19.1 Å². The summed E-state index contributed by atoms with van der Waals surface area (Å²) in [7, 11) is 4.85. The molecule has 0 aliphatic rings. The SMILES string of the molecule is COc1cc(C(=O)N(C)Cc2cccc(C#N)c2)cc(OC)c1C. The van der Waals surface area contributed by atoms with Crippen LogP contribution in [-0.2, 0) is 6.54 Å². The minimum absolute atomic E-state index is 0.144. The van der Waals surface area contributed by atoms with Crippen molar-refractivity contribution in [2.24, 2.45) is 0 Å². The average Bonchev–Trinajstić information content (AvgIpc) is 2.61. The molecule has 0 N–H and O–H groups in total. The highest BCUT2D eigenvalue weighted by Crippen LogP contribution is 2.30. The lowest BCUT2D eigenvalue weighted by molar-refractivity contribution is 0.0784. The van der Waals surface area contributed by atoms with Gasteiger partial charge >= 0.3 is 0 Å². The molecule has 124 valence electrons. The molecule has 1 amide bonds.